The van der Waals surface area contributed by atoms with Crippen molar-refractivity contribution in [2.45, 2.75) is 20.8 Å². The van der Waals surface area contributed by atoms with Crippen LogP contribution < -0.4 is 18.9 Å². The second kappa shape index (κ2) is 8.30. The third-order valence-corrected chi connectivity index (χ3v) is 4.80. The zero-order valence-corrected chi connectivity index (χ0v) is 17.2. The first-order valence-corrected chi connectivity index (χ1v) is 9.17. The molecule has 148 valence electrons. The van der Waals surface area contributed by atoms with Crippen molar-refractivity contribution in [2.24, 2.45) is 0 Å². The number of hydrogen-bond acceptors (Lipinski definition) is 5. The summed E-state index contributed by atoms with van der Waals surface area (Å²) in [5.41, 5.74) is 4.03. The molecule has 1 heterocycles. The Morgan fingerprint density at radius 2 is 1.29 bits per heavy atom. The van der Waals surface area contributed by atoms with Crippen LogP contribution in [0.1, 0.15) is 18.1 Å². The summed E-state index contributed by atoms with van der Waals surface area (Å²) in [6.45, 7) is 6.72. The van der Waals surface area contributed by atoms with Crippen molar-refractivity contribution in [2.75, 3.05) is 27.9 Å². The second-order valence-corrected chi connectivity index (χ2v) is 6.38. The molecule has 0 spiro atoms. The number of methoxy groups -OCH3 is 3. The molecule has 0 aliphatic carbocycles. The van der Waals surface area contributed by atoms with E-state index in [1.807, 2.05) is 43.3 Å². The molecule has 2 aromatic carbocycles. The Morgan fingerprint density at radius 3 is 1.75 bits per heavy atom. The summed E-state index contributed by atoms with van der Waals surface area (Å²) in [6.07, 6.45) is 0. The van der Waals surface area contributed by atoms with Gasteiger partial charge in [0.1, 0.15) is 17.3 Å². The van der Waals surface area contributed by atoms with Crippen molar-refractivity contribution in [3.63, 3.8) is 0 Å². The summed E-state index contributed by atoms with van der Waals surface area (Å²) in [5.74, 6) is 4.20. The van der Waals surface area contributed by atoms with Crippen molar-refractivity contribution >= 4 is 0 Å². The van der Waals surface area contributed by atoms with Crippen LogP contribution in [0.3, 0.4) is 0 Å². The minimum Gasteiger partial charge on any atom is -0.494 e. The average molecular weight is 382 g/mol. The fourth-order valence-electron chi connectivity index (χ4n) is 3.23. The molecule has 0 aliphatic heterocycles. The Bertz CT molecular complexity index is 929. The maximum atomic E-state index is 6.30. The fraction of sp³-hybridized carbons (Fsp3) is 0.304. The molecule has 0 atom stereocenters. The largest absolute Gasteiger partial charge is 0.494 e. The van der Waals surface area contributed by atoms with Gasteiger partial charge in [-0.1, -0.05) is 0 Å². The van der Waals surface area contributed by atoms with Crippen LogP contribution in [0.4, 0.5) is 0 Å². The minimum absolute atomic E-state index is 0.557. The molecule has 1 aromatic heterocycles. The van der Waals surface area contributed by atoms with Gasteiger partial charge in [0.25, 0.3) is 0 Å². The molecule has 0 N–H and O–H groups in total. The molecule has 3 aromatic rings. The van der Waals surface area contributed by atoms with Crippen molar-refractivity contribution < 1.29 is 23.4 Å². The molecule has 0 bridgehead atoms. The second-order valence-electron chi connectivity index (χ2n) is 6.38. The standard InChI is InChI=1S/C23H26O5/c1-7-27-18-10-8-16(9-11-18)21-14(2)15(3)22(28-21)17-12-19(24-4)23(26-6)20(13-17)25-5/h8-13H,7H2,1-6H3. The minimum atomic E-state index is 0.557. The molecule has 0 saturated heterocycles. The van der Waals surface area contributed by atoms with Gasteiger partial charge in [0.05, 0.1) is 27.9 Å². The van der Waals surface area contributed by atoms with Gasteiger partial charge in [-0.3, -0.25) is 0 Å². The highest BCUT2D eigenvalue weighted by Gasteiger charge is 2.20. The molecule has 0 amide bonds. The van der Waals surface area contributed by atoms with Gasteiger partial charge in [0.15, 0.2) is 11.5 Å². The molecule has 5 heteroatoms. The number of ether oxygens (including phenoxy) is 4. The van der Waals surface area contributed by atoms with E-state index in [1.165, 1.54) is 0 Å². The third-order valence-electron chi connectivity index (χ3n) is 4.80. The van der Waals surface area contributed by atoms with Crippen molar-refractivity contribution in [3.05, 3.63) is 47.5 Å². The number of benzene rings is 2. The van der Waals surface area contributed by atoms with Gasteiger partial charge < -0.3 is 23.4 Å². The highest BCUT2D eigenvalue weighted by atomic mass is 16.5. The fourth-order valence-corrected chi connectivity index (χ4v) is 3.23. The van der Waals surface area contributed by atoms with Crippen molar-refractivity contribution in [3.8, 4) is 45.6 Å². The zero-order valence-electron chi connectivity index (χ0n) is 17.2. The predicted octanol–water partition coefficient (Wildman–Crippen LogP) is 5.65. The van der Waals surface area contributed by atoms with Gasteiger partial charge in [0.2, 0.25) is 5.75 Å². The van der Waals surface area contributed by atoms with Crippen LogP contribution in [0.15, 0.2) is 40.8 Å². The maximum absolute atomic E-state index is 6.30. The van der Waals surface area contributed by atoms with Crippen molar-refractivity contribution in [1.29, 1.82) is 0 Å². The number of rotatable bonds is 7. The van der Waals surface area contributed by atoms with E-state index in [4.69, 9.17) is 23.4 Å². The molecule has 0 fully saturated rings. The first kappa shape index (κ1) is 19.7. The molecule has 28 heavy (non-hydrogen) atoms. The van der Waals surface area contributed by atoms with Crippen LogP contribution in [-0.4, -0.2) is 27.9 Å². The lowest BCUT2D eigenvalue weighted by Crippen LogP contribution is -1.95. The quantitative estimate of drug-likeness (QED) is 0.528. The molecular weight excluding hydrogens is 356 g/mol. The molecule has 0 aliphatic rings. The van der Waals surface area contributed by atoms with Gasteiger partial charge in [-0.15, -0.1) is 0 Å². The van der Waals surface area contributed by atoms with Gasteiger partial charge in [-0.2, -0.15) is 0 Å². The summed E-state index contributed by atoms with van der Waals surface area (Å²) in [4.78, 5) is 0. The van der Waals surface area contributed by atoms with Gasteiger partial charge >= 0.3 is 0 Å². The predicted molar refractivity (Wildman–Crippen MR) is 110 cm³/mol. The van der Waals surface area contributed by atoms with Gasteiger partial charge in [0, 0.05) is 11.1 Å². The maximum Gasteiger partial charge on any atom is 0.203 e. The molecule has 0 radical (unpaired) electrons. The van der Waals surface area contributed by atoms with Crippen LogP contribution in [0.5, 0.6) is 23.0 Å². The first-order chi connectivity index (χ1) is 13.5. The van der Waals surface area contributed by atoms with Gasteiger partial charge in [-0.05, 0) is 68.3 Å². The Kier molecular flexibility index (Phi) is 5.83. The molecule has 0 unspecified atom stereocenters. The lowest BCUT2D eigenvalue weighted by Gasteiger charge is -2.13. The summed E-state index contributed by atoms with van der Waals surface area (Å²) in [7, 11) is 4.80. The van der Waals surface area contributed by atoms with E-state index < -0.39 is 0 Å². The summed E-state index contributed by atoms with van der Waals surface area (Å²) in [5, 5.41) is 0. The lowest BCUT2D eigenvalue weighted by atomic mass is 10.0. The first-order valence-electron chi connectivity index (χ1n) is 9.17. The Labute approximate surface area is 165 Å². The highest BCUT2D eigenvalue weighted by Crippen LogP contribution is 2.44. The third kappa shape index (κ3) is 3.52. The molecule has 5 nitrogen and oxygen atoms in total. The van der Waals surface area contributed by atoms with Gasteiger partial charge in [-0.25, -0.2) is 0 Å². The zero-order chi connectivity index (χ0) is 20.3. The molecule has 3 rings (SSSR count). The number of hydrogen-bond donors (Lipinski definition) is 0. The normalized spacial score (nSPS) is 10.6. The Hall–Kier alpha value is -3.08. The summed E-state index contributed by atoms with van der Waals surface area (Å²) >= 11 is 0. The van der Waals surface area contributed by atoms with Crippen LogP contribution >= 0.6 is 0 Å². The van der Waals surface area contributed by atoms with E-state index in [1.54, 1.807) is 21.3 Å². The van der Waals surface area contributed by atoms with Crippen molar-refractivity contribution in [1.82, 2.24) is 0 Å². The van der Waals surface area contributed by atoms with E-state index in [0.717, 1.165) is 39.5 Å². The van der Waals surface area contributed by atoms with E-state index in [0.29, 0.717) is 23.9 Å². The van der Waals surface area contributed by atoms with E-state index in [2.05, 4.69) is 13.8 Å². The Balaban J connectivity index is 2.08. The molecular formula is C23H26O5. The monoisotopic (exact) mass is 382 g/mol. The van der Waals surface area contributed by atoms with Crippen LogP contribution in [-0.2, 0) is 0 Å². The van der Waals surface area contributed by atoms with E-state index in [-0.39, 0.29) is 0 Å². The average Bonchev–Trinajstić information content (AvgIpc) is 3.02. The summed E-state index contributed by atoms with van der Waals surface area (Å²) in [6, 6.07) is 11.7. The highest BCUT2D eigenvalue weighted by molar-refractivity contribution is 5.75. The molecule has 0 saturated carbocycles. The number of furan rings is 1. The Morgan fingerprint density at radius 1 is 0.750 bits per heavy atom. The topological polar surface area (TPSA) is 50.1 Å². The van der Waals surface area contributed by atoms with Crippen LogP contribution in [0, 0.1) is 13.8 Å². The summed E-state index contributed by atoms with van der Waals surface area (Å²) < 4.78 is 28.2. The van der Waals surface area contributed by atoms with Crippen LogP contribution in [0.25, 0.3) is 22.6 Å². The van der Waals surface area contributed by atoms with E-state index in [9.17, 15) is 0 Å². The smallest absolute Gasteiger partial charge is 0.203 e. The lowest BCUT2D eigenvalue weighted by molar-refractivity contribution is 0.324. The van der Waals surface area contributed by atoms with Crippen LogP contribution in [0.2, 0.25) is 0 Å². The SMILES string of the molecule is CCOc1ccc(-c2oc(-c3cc(OC)c(OC)c(OC)c3)c(C)c2C)cc1. The van der Waals surface area contributed by atoms with E-state index >= 15 is 0 Å².